The van der Waals surface area contributed by atoms with E-state index in [2.05, 4.69) is 0 Å². The summed E-state index contributed by atoms with van der Waals surface area (Å²) in [6.45, 7) is 0. The fourth-order valence-electron chi connectivity index (χ4n) is 3.19. The van der Waals surface area contributed by atoms with Gasteiger partial charge in [0.05, 0.1) is 15.1 Å². The maximum Gasteiger partial charge on any atom is 0.283 e. The van der Waals surface area contributed by atoms with E-state index in [1.807, 2.05) is 0 Å². The first-order chi connectivity index (χ1) is 13.5. The van der Waals surface area contributed by atoms with Gasteiger partial charge in [-0.1, -0.05) is 70.7 Å². The highest BCUT2D eigenvalue weighted by Gasteiger charge is 2.51. The summed E-state index contributed by atoms with van der Waals surface area (Å²) < 4.78 is 34.0. The van der Waals surface area contributed by atoms with Crippen molar-refractivity contribution >= 4 is 56.5 Å². The lowest BCUT2D eigenvalue weighted by molar-refractivity contribution is 0.455. The molecule has 5 nitrogen and oxygen atoms in total. The van der Waals surface area contributed by atoms with Gasteiger partial charge in [-0.15, -0.1) is 0 Å². The molecule has 3 aromatic carbocycles. The van der Waals surface area contributed by atoms with Gasteiger partial charge in [0.25, 0.3) is 10.1 Å². The van der Waals surface area contributed by atoms with Gasteiger partial charge < -0.3 is 10.2 Å². The first kappa shape index (κ1) is 22.0. The third-order valence-corrected chi connectivity index (χ3v) is 7.29. The lowest BCUT2D eigenvalue weighted by atomic mass is 9.83. The highest BCUT2D eigenvalue weighted by atomic mass is 35.5. The maximum atomic E-state index is 13.0. The second-order valence-corrected chi connectivity index (χ2v) is 9.25. The van der Waals surface area contributed by atoms with E-state index < -0.39 is 26.4 Å². The monoisotopic (exact) mass is 492 g/mol. The molecule has 0 spiro atoms. The summed E-state index contributed by atoms with van der Waals surface area (Å²) in [5.41, 5.74) is -0.463. The van der Waals surface area contributed by atoms with Gasteiger partial charge in [0.1, 0.15) is 11.5 Å². The predicted molar refractivity (Wildman–Crippen MR) is 114 cm³/mol. The molecule has 3 N–H and O–H groups in total. The molecule has 0 bridgehead atoms. The fraction of sp³-hybridized carbons (Fsp3) is 0.0526. The molecule has 10 heteroatoms. The topological polar surface area (TPSA) is 94.8 Å². The van der Waals surface area contributed by atoms with Crippen LogP contribution in [0.2, 0.25) is 20.1 Å². The fourth-order valence-corrected chi connectivity index (χ4v) is 5.48. The van der Waals surface area contributed by atoms with Crippen molar-refractivity contribution in [1.82, 2.24) is 0 Å². The van der Waals surface area contributed by atoms with Crippen LogP contribution in [0.4, 0.5) is 0 Å². The van der Waals surface area contributed by atoms with Crippen LogP contribution in [0.5, 0.6) is 11.5 Å². The lowest BCUT2D eigenvalue weighted by Crippen LogP contribution is -2.39. The van der Waals surface area contributed by atoms with Gasteiger partial charge in [-0.05, 0) is 29.8 Å². The largest absolute Gasteiger partial charge is 0.508 e. The third-order valence-electron chi connectivity index (χ3n) is 4.39. The SMILES string of the molecule is O=S(=O)(O)C(c1ccc(Cl)cc1)(c1cccc(O)c1Cl)c1cc(O)cc(Cl)c1Cl. The van der Waals surface area contributed by atoms with Gasteiger partial charge in [0, 0.05) is 22.2 Å². The zero-order valence-corrected chi connectivity index (χ0v) is 18.1. The molecule has 0 radical (unpaired) electrons. The second-order valence-electron chi connectivity index (χ2n) is 6.09. The molecule has 3 aromatic rings. The molecule has 0 saturated carbocycles. The van der Waals surface area contributed by atoms with Crippen LogP contribution in [0.3, 0.4) is 0 Å². The first-order valence-corrected chi connectivity index (χ1v) is 10.8. The van der Waals surface area contributed by atoms with Gasteiger partial charge in [-0.3, -0.25) is 4.55 Å². The molecule has 0 heterocycles. The number of rotatable bonds is 4. The summed E-state index contributed by atoms with van der Waals surface area (Å²) in [4.78, 5) is 0. The van der Waals surface area contributed by atoms with Crippen LogP contribution >= 0.6 is 46.4 Å². The van der Waals surface area contributed by atoms with Gasteiger partial charge in [-0.2, -0.15) is 8.42 Å². The van der Waals surface area contributed by atoms with E-state index in [9.17, 15) is 23.2 Å². The summed E-state index contributed by atoms with van der Waals surface area (Å²) in [6.07, 6.45) is 0. The zero-order valence-electron chi connectivity index (χ0n) is 14.3. The molecule has 0 amide bonds. The summed E-state index contributed by atoms with van der Waals surface area (Å²) in [6, 6.07) is 11.6. The molecule has 0 aromatic heterocycles. The van der Waals surface area contributed by atoms with Crippen molar-refractivity contribution < 1.29 is 23.2 Å². The summed E-state index contributed by atoms with van der Waals surface area (Å²) in [5, 5.41) is 19.8. The lowest BCUT2D eigenvalue weighted by Gasteiger charge is -2.34. The minimum atomic E-state index is -5.09. The van der Waals surface area contributed by atoms with Crippen LogP contribution in [-0.4, -0.2) is 23.2 Å². The van der Waals surface area contributed by atoms with Gasteiger partial charge in [0.15, 0.2) is 4.75 Å². The van der Waals surface area contributed by atoms with Crippen LogP contribution in [0.25, 0.3) is 0 Å². The highest BCUT2D eigenvalue weighted by Crippen LogP contribution is 2.51. The van der Waals surface area contributed by atoms with Gasteiger partial charge in [0.2, 0.25) is 0 Å². The Morgan fingerprint density at radius 3 is 2.00 bits per heavy atom. The molecular formula is C19H12Cl4O5S. The number of benzene rings is 3. The number of hydrogen-bond donors (Lipinski definition) is 3. The van der Waals surface area contributed by atoms with Crippen molar-refractivity contribution in [3.05, 3.63) is 91.4 Å². The Kier molecular flexibility index (Phi) is 5.98. The standard InChI is InChI=1S/C19H12Cl4O5S/c20-11-6-4-10(5-7-11)19(29(26,27)28,13-2-1-3-16(25)18(13)23)14-8-12(24)9-15(21)17(14)22/h1-9,24-25H,(H,26,27,28). The molecule has 1 atom stereocenters. The van der Waals surface area contributed by atoms with E-state index in [0.717, 1.165) is 12.1 Å². The quantitative estimate of drug-likeness (QED) is 0.311. The van der Waals surface area contributed by atoms with Crippen LogP contribution in [-0.2, 0) is 14.9 Å². The third kappa shape index (κ3) is 3.65. The Bertz CT molecular complexity index is 1200. The van der Waals surface area contributed by atoms with E-state index in [1.165, 1.54) is 42.5 Å². The molecule has 0 fully saturated rings. The predicted octanol–water partition coefficient (Wildman–Crippen LogP) is 5.89. The summed E-state index contributed by atoms with van der Waals surface area (Å²) in [5.74, 6) is -0.818. The van der Waals surface area contributed by atoms with E-state index >= 15 is 0 Å². The molecular weight excluding hydrogens is 482 g/mol. The van der Waals surface area contributed by atoms with Crippen molar-refractivity contribution in [3.8, 4) is 11.5 Å². The first-order valence-electron chi connectivity index (χ1n) is 7.89. The molecule has 152 valence electrons. The Labute approximate surface area is 186 Å². The van der Waals surface area contributed by atoms with Crippen LogP contribution in [0, 0.1) is 0 Å². The van der Waals surface area contributed by atoms with Crippen molar-refractivity contribution in [1.29, 1.82) is 0 Å². The number of aromatic hydroxyl groups is 2. The van der Waals surface area contributed by atoms with Crippen LogP contribution in [0.15, 0.2) is 54.6 Å². The maximum absolute atomic E-state index is 13.0. The van der Waals surface area contributed by atoms with Crippen molar-refractivity contribution in [2.75, 3.05) is 0 Å². The van der Waals surface area contributed by atoms with Gasteiger partial charge >= 0.3 is 0 Å². The summed E-state index contributed by atoms with van der Waals surface area (Å²) >= 11 is 24.6. The second kappa shape index (κ2) is 7.87. The van der Waals surface area contributed by atoms with Crippen molar-refractivity contribution in [2.24, 2.45) is 0 Å². The van der Waals surface area contributed by atoms with Crippen molar-refractivity contribution in [2.45, 2.75) is 4.75 Å². The summed E-state index contributed by atoms with van der Waals surface area (Å²) in [7, 11) is -5.09. The molecule has 0 aliphatic carbocycles. The molecule has 3 rings (SSSR count). The molecule has 0 aliphatic rings. The Morgan fingerprint density at radius 1 is 0.793 bits per heavy atom. The smallest absolute Gasteiger partial charge is 0.283 e. The molecule has 1 unspecified atom stereocenters. The number of phenols is 2. The van der Waals surface area contributed by atoms with E-state index in [-0.39, 0.29) is 31.8 Å². The Morgan fingerprint density at radius 2 is 1.41 bits per heavy atom. The minimum Gasteiger partial charge on any atom is -0.508 e. The molecule has 0 aliphatic heterocycles. The van der Waals surface area contributed by atoms with E-state index in [0.29, 0.717) is 5.02 Å². The Balaban J connectivity index is 2.63. The number of hydrogen-bond acceptors (Lipinski definition) is 4. The van der Waals surface area contributed by atoms with E-state index in [1.54, 1.807) is 0 Å². The average molecular weight is 494 g/mol. The number of phenolic OH excluding ortho intramolecular Hbond substituents is 2. The molecule has 0 saturated heterocycles. The van der Waals surface area contributed by atoms with Crippen LogP contribution < -0.4 is 0 Å². The van der Waals surface area contributed by atoms with Crippen LogP contribution in [0.1, 0.15) is 16.7 Å². The van der Waals surface area contributed by atoms with Gasteiger partial charge in [-0.25, -0.2) is 0 Å². The minimum absolute atomic E-state index is 0.000432. The normalized spacial score (nSPS) is 13.8. The zero-order chi connectivity index (χ0) is 21.6. The number of halogens is 4. The highest BCUT2D eigenvalue weighted by molar-refractivity contribution is 7.87. The molecule has 29 heavy (non-hydrogen) atoms. The van der Waals surface area contributed by atoms with Crippen molar-refractivity contribution in [3.63, 3.8) is 0 Å². The van der Waals surface area contributed by atoms with E-state index in [4.69, 9.17) is 46.4 Å². The average Bonchev–Trinajstić information content (AvgIpc) is 2.63. The Hall–Kier alpha value is -1.67.